The van der Waals surface area contributed by atoms with E-state index in [0.717, 1.165) is 0 Å². The van der Waals surface area contributed by atoms with Crippen molar-refractivity contribution in [2.45, 2.75) is 37.4 Å². The lowest BCUT2D eigenvalue weighted by Gasteiger charge is -2.22. The third-order valence-electron chi connectivity index (χ3n) is 3.95. The summed E-state index contributed by atoms with van der Waals surface area (Å²) in [6, 6.07) is 7.06. The highest BCUT2D eigenvalue weighted by Gasteiger charge is 2.18. The van der Waals surface area contributed by atoms with Crippen molar-refractivity contribution in [2.75, 3.05) is 24.7 Å². The molecule has 1 N–H and O–H groups in total. The summed E-state index contributed by atoms with van der Waals surface area (Å²) in [5, 5.41) is 3.81. The predicted molar refractivity (Wildman–Crippen MR) is 97.0 cm³/mol. The second-order valence-electron chi connectivity index (χ2n) is 5.85. The molecule has 1 aromatic rings. The van der Waals surface area contributed by atoms with Gasteiger partial charge in [-0.2, -0.15) is 0 Å². The fourth-order valence-electron chi connectivity index (χ4n) is 2.59. The highest BCUT2D eigenvalue weighted by molar-refractivity contribution is 8.00. The number of amides is 2. The number of nitrogens with one attached hydrogen (secondary N) is 1. The quantitative estimate of drug-likeness (QED) is 0.845. The van der Waals surface area contributed by atoms with Gasteiger partial charge in [0, 0.05) is 12.3 Å². The Bertz CT molecular complexity index is 547. The minimum absolute atomic E-state index is 0.00474. The largest absolute Gasteiger partial charge is 0.336 e. The van der Waals surface area contributed by atoms with E-state index in [1.165, 1.54) is 37.0 Å². The number of halogens is 1. The fourth-order valence-corrected chi connectivity index (χ4v) is 4.04. The third kappa shape index (κ3) is 6.07. The number of para-hydroxylation sites is 1. The van der Waals surface area contributed by atoms with E-state index in [9.17, 15) is 9.59 Å². The minimum atomic E-state index is -0.239. The second kappa shape index (κ2) is 9.18. The van der Waals surface area contributed by atoms with Crippen molar-refractivity contribution in [3.63, 3.8) is 0 Å². The van der Waals surface area contributed by atoms with Crippen LogP contribution in [0.3, 0.4) is 0 Å². The van der Waals surface area contributed by atoms with Gasteiger partial charge in [-0.15, -0.1) is 11.8 Å². The number of carbonyl (C=O) groups excluding carboxylic acids is 2. The van der Waals surface area contributed by atoms with Crippen LogP contribution in [0.5, 0.6) is 0 Å². The molecule has 6 heteroatoms. The van der Waals surface area contributed by atoms with E-state index >= 15 is 0 Å². The molecule has 0 bridgehead atoms. The molecule has 0 aromatic heterocycles. The van der Waals surface area contributed by atoms with Gasteiger partial charge >= 0.3 is 0 Å². The first-order chi connectivity index (χ1) is 11.1. The van der Waals surface area contributed by atoms with E-state index in [0.29, 0.717) is 21.7 Å². The van der Waals surface area contributed by atoms with Gasteiger partial charge in [0.2, 0.25) is 11.8 Å². The Hall–Kier alpha value is -1.20. The molecule has 4 nitrogen and oxygen atoms in total. The van der Waals surface area contributed by atoms with Crippen molar-refractivity contribution >= 4 is 40.9 Å². The van der Waals surface area contributed by atoms with Gasteiger partial charge in [0.25, 0.3) is 0 Å². The van der Waals surface area contributed by atoms with E-state index in [1.54, 1.807) is 43.1 Å². The van der Waals surface area contributed by atoms with Crippen molar-refractivity contribution in [1.82, 2.24) is 4.90 Å². The lowest BCUT2D eigenvalue weighted by atomic mass is 10.0. The summed E-state index contributed by atoms with van der Waals surface area (Å²) in [4.78, 5) is 25.6. The van der Waals surface area contributed by atoms with Gasteiger partial charge < -0.3 is 10.2 Å². The average Bonchev–Trinajstić information content (AvgIpc) is 2.55. The SMILES string of the molecule is CN(CC(=O)Nc1ccccc1Cl)C(=O)CSC1CCCCC1. The van der Waals surface area contributed by atoms with Crippen LogP contribution in [0.15, 0.2) is 24.3 Å². The van der Waals surface area contributed by atoms with Gasteiger partial charge in [0.15, 0.2) is 0 Å². The highest BCUT2D eigenvalue weighted by atomic mass is 35.5. The standard InChI is InChI=1S/C17H23ClN2O2S/c1-20(17(22)12-23-13-7-3-2-4-8-13)11-16(21)19-15-10-6-5-9-14(15)18/h5-6,9-10,13H,2-4,7-8,11-12H2,1H3,(H,19,21). The molecule has 1 saturated carbocycles. The third-order valence-corrected chi connectivity index (χ3v) is 5.64. The molecule has 0 heterocycles. The Morgan fingerprint density at radius 1 is 1.26 bits per heavy atom. The van der Waals surface area contributed by atoms with Crippen LogP contribution in [0, 0.1) is 0 Å². The van der Waals surface area contributed by atoms with Gasteiger partial charge in [0.1, 0.15) is 0 Å². The smallest absolute Gasteiger partial charge is 0.244 e. The van der Waals surface area contributed by atoms with Crippen molar-refractivity contribution in [2.24, 2.45) is 0 Å². The Morgan fingerprint density at radius 3 is 2.65 bits per heavy atom. The van der Waals surface area contributed by atoms with Crippen LogP contribution in [0.4, 0.5) is 5.69 Å². The van der Waals surface area contributed by atoms with Crippen molar-refractivity contribution in [3.05, 3.63) is 29.3 Å². The fraction of sp³-hybridized carbons (Fsp3) is 0.529. The highest BCUT2D eigenvalue weighted by Crippen LogP contribution is 2.28. The van der Waals surface area contributed by atoms with Crippen LogP contribution in [0.1, 0.15) is 32.1 Å². The van der Waals surface area contributed by atoms with E-state index in [4.69, 9.17) is 11.6 Å². The summed E-state index contributed by atoms with van der Waals surface area (Å²) in [6.45, 7) is 0.0370. The molecule has 1 aliphatic carbocycles. The molecule has 0 atom stereocenters. The molecule has 2 rings (SSSR count). The maximum Gasteiger partial charge on any atom is 0.244 e. The number of hydrogen-bond acceptors (Lipinski definition) is 3. The Morgan fingerprint density at radius 2 is 1.96 bits per heavy atom. The zero-order chi connectivity index (χ0) is 16.7. The average molecular weight is 355 g/mol. The molecule has 0 saturated heterocycles. The van der Waals surface area contributed by atoms with Crippen LogP contribution in [0.2, 0.25) is 5.02 Å². The van der Waals surface area contributed by atoms with Gasteiger partial charge in [0.05, 0.1) is 23.0 Å². The summed E-state index contributed by atoms with van der Waals surface area (Å²) in [5.74, 6) is 0.201. The van der Waals surface area contributed by atoms with E-state index in [2.05, 4.69) is 5.32 Å². The minimum Gasteiger partial charge on any atom is -0.336 e. The first-order valence-electron chi connectivity index (χ1n) is 7.96. The van der Waals surface area contributed by atoms with Crippen molar-refractivity contribution in [1.29, 1.82) is 0 Å². The zero-order valence-electron chi connectivity index (χ0n) is 13.4. The molecule has 2 amide bonds. The summed E-state index contributed by atoms with van der Waals surface area (Å²) >= 11 is 7.73. The van der Waals surface area contributed by atoms with Crippen LogP contribution in [0.25, 0.3) is 0 Å². The van der Waals surface area contributed by atoms with Gasteiger partial charge in [-0.05, 0) is 25.0 Å². The molecule has 23 heavy (non-hydrogen) atoms. The molecule has 126 valence electrons. The molecular formula is C17H23ClN2O2S. The first kappa shape index (κ1) is 18.1. The molecule has 0 radical (unpaired) electrons. The number of anilines is 1. The number of benzene rings is 1. The Kier molecular flexibility index (Phi) is 7.24. The van der Waals surface area contributed by atoms with Gasteiger partial charge in [-0.3, -0.25) is 9.59 Å². The number of thioether (sulfide) groups is 1. The number of hydrogen-bond donors (Lipinski definition) is 1. The predicted octanol–water partition coefficient (Wildman–Crippen LogP) is 3.80. The van der Waals surface area contributed by atoms with Crippen molar-refractivity contribution < 1.29 is 9.59 Å². The van der Waals surface area contributed by atoms with Gasteiger partial charge in [-0.1, -0.05) is 43.0 Å². The lowest BCUT2D eigenvalue weighted by molar-refractivity contribution is -0.131. The topological polar surface area (TPSA) is 49.4 Å². The van der Waals surface area contributed by atoms with Crippen LogP contribution >= 0.6 is 23.4 Å². The zero-order valence-corrected chi connectivity index (χ0v) is 15.0. The molecule has 1 aliphatic rings. The number of rotatable bonds is 6. The van der Waals surface area contributed by atoms with Crippen LogP contribution in [-0.4, -0.2) is 41.3 Å². The molecule has 1 fully saturated rings. The summed E-state index contributed by atoms with van der Waals surface area (Å²) in [6.07, 6.45) is 6.25. The second-order valence-corrected chi connectivity index (χ2v) is 7.54. The number of likely N-dealkylation sites (N-methyl/N-ethyl adjacent to an activating group) is 1. The molecule has 0 unspecified atom stereocenters. The van der Waals surface area contributed by atoms with E-state index in [-0.39, 0.29) is 18.4 Å². The molecular weight excluding hydrogens is 332 g/mol. The van der Waals surface area contributed by atoms with E-state index < -0.39 is 0 Å². The Balaban J connectivity index is 1.74. The summed E-state index contributed by atoms with van der Waals surface area (Å²) in [7, 11) is 1.66. The summed E-state index contributed by atoms with van der Waals surface area (Å²) < 4.78 is 0. The van der Waals surface area contributed by atoms with Crippen molar-refractivity contribution in [3.8, 4) is 0 Å². The lowest BCUT2D eigenvalue weighted by Crippen LogP contribution is -2.36. The normalized spacial score (nSPS) is 15.2. The monoisotopic (exact) mass is 354 g/mol. The maximum atomic E-state index is 12.1. The molecule has 0 aliphatic heterocycles. The van der Waals surface area contributed by atoms with E-state index in [1.807, 2.05) is 0 Å². The number of carbonyl (C=O) groups is 2. The Labute approximate surface area is 146 Å². The molecule has 0 spiro atoms. The van der Waals surface area contributed by atoms with Crippen LogP contribution < -0.4 is 5.32 Å². The van der Waals surface area contributed by atoms with Crippen LogP contribution in [-0.2, 0) is 9.59 Å². The maximum absolute atomic E-state index is 12.1. The van der Waals surface area contributed by atoms with Gasteiger partial charge in [-0.25, -0.2) is 0 Å². The molecule has 1 aromatic carbocycles. The first-order valence-corrected chi connectivity index (χ1v) is 9.39. The number of nitrogens with zero attached hydrogens (tertiary/aromatic N) is 1. The summed E-state index contributed by atoms with van der Waals surface area (Å²) in [5.41, 5.74) is 0.566.